The minimum atomic E-state index is -0.115. The van der Waals surface area contributed by atoms with E-state index in [0.29, 0.717) is 6.54 Å². The Morgan fingerprint density at radius 3 is 2.79 bits per heavy atom. The van der Waals surface area contributed by atoms with Gasteiger partial charge in [-0.2, -0.15) is 0 Å². The van der Waals surface area contributed by atoms with E-state index in [1.807, 2.05) is 19.1 Å². The molecule has 24 heavy (non-hydrogen) atoms. The quantitative estimate of drug-likeness (QED) is 0.387. The van der Waals surface area contributed by atoms with Crippen LogP contribution in [0.2, 0.25) is 0 Å². The van der Waals surface area contributed by atoms with Crippen molar-refractivity contribution >= 4 is 41.3 Å². The zero-order chi connectivity index (χ0) is 16.2. The van der Waals surface area contributed by atoms with E-state index in [1.54, 1.807) is 17.4 Å². The Bertz CT molecular complexity index is 675. The van der Waals surface area contributed by atoms with Crippen molar-refractivity contribution in [2.75, 3.05) is 6.54 Å². The van der Waals surface area contributed by atoms with Gasteiger partial charge in [0.15, 0.2) is 5.96 Å². The van der Waals surface area contributed by atoms with Gasteiger partial charge in [0.05, 0.1) is 6.04 Å². The third-order valence-electron chi connectivity index (χ3n) is 4.06. The van der Waals surface area contributed by atoms with Gasteiger partial charge in [0.25, 0.3) is 0 Å². The zero-order valence-electron chi connectivity index (χ0n) is 13.8. The molecule has 1 aromatic carbocycles. The molecular formula is C18H23FIN3S. The van der Waals surface area contributed by atoms with Gasteiger partial charge in [0.1, 0.15) is 5.82 Å². The molecule has 3 atom stereocenters. The maximum Gasteiger partial charge on any atom is 0.191 e. The number of nitrogens with zero attached hydrogens (tertiary/aromatic N) is 1. The number of hydrogen-bond donors (Lipinski definition) is 2. The SMILES string of the molecule is CCN=C(NC(C)c1cccs1)NC1CC1c1ccccc1F.I. The summed E-state index contributed by atoms with van der Waals surface area (Å²) in [6.07, 6.45) is 0.943. The average Bonchev–Trinajstić information content (AvgIpc) is 3.07. The summed E-state index contributed by atoms with van der Waals surface area (Å²) in [6, 6.07) is 11.7. The van der Waals surface area contributed by atoms with Crippen LogP contribution in [-0.4, -0.2) is 18.5 Å². The molecule has 1 heterocycles. The molecule has 3 nitrogen and oxygen atoms in total. The molecule has 1 aliphatic rings. The Kier molecular flexibility index (Phi) is 7.03. The minimum absolute atomic E-state index is 0. The fourth-order valence-electron chi connectivity index (χ4n) is 2.75. The molecule has 0 aliphatic heterocycles. The number of guanidine groups is 1. The second kappa shape index (κ2) is 8.80. The summed E-state index contributed by atoms with van der Waals surface area (Å²) in [5, 5.41) is 8.95. The Balaban J connectivity index is 0.00000208. The smallest absolute Gasteiger partial charge is 0.191 e. The van der Waals surface area contributed by atoms with Crippen molar-refractivity contribution < 1.29 is 4.39 Å². The molecule has 1 saturated carbocycles. The lowest BCUT2D eigenvalue weighted by Crippen LogP contribution is -2.40. The summed E-state index contributed by atoms with van der Waals surface area (Å²) in [4.78, 5) is 5.79. The van der Waals surface area contributed by atoms with Crippen molar-refractivity contribution in [3.63, 3.8) is 0 Å². The van der Waals surface area contributed by atoms with Crippen LogP contribution in [0.15, 0.2) is 46.8 Å². The number of nitrogens with one attached hydrogen (secondary N) is 2. The summed E-state index contributed by atoms with van der Waals surface area (Å²) in [6.45, 7) is 4.85. The molecule has 0 saturated heterocycles. The van der Waals surface area contributed by atoms with Crippen LogP contribution in [0.25, 0.3) is 0 Å². The largest absolute Gasteiger partial charge is 0.353 e. The van der Waals surface area contributed by atoms with Crippen LogP contribution in [0.4, 0.5) is 4.39 Å². The van der Waals surface area contributed by atoms with Crippen molar-refractivity contribution in [2.24, 2.45) is 4.99 Å². The minimum Gasteiger partial charge on any atom is -0.353 e. The monoisotopic (exact) mass is 459 g/mol. The summed E-state index contributed by atoms with van der Waals surface area (Å²) < 4.78 is 13.9. The van der Waals surface area contributed by atoms with E-state index in [0.717, 1.165) is 17.9 Å². The van der Waals surface area contributed by atoms with Crippen molar-refractivity contribution in [3.05, 3.63) is 58.0 Å². The Morgan fingerprint density at radius 2 is 2.12 bits per heavy atom. The molecule has 2 aromatic rings. The van der Waals surface area contributed by atoms with Crippen molar-refractivity contribution in [1.82, 2.24) is 10.6 Å². The second-order valence-corrected chi connectivity index (χ2v) is 6.80. The van der Waals surface area contributed by atoms with Crippen LogP contribution in [0.3, 0.4) is 0 Å². The standard InChI is InChI=1S/C18H22FN3S.HI/c1-3-20-18(21-12(2)17-9-6-10-23-17)22-16-11-14(16)13-7-4-5-8-15(13)19;/h4-10,12,14,16H,3,11H2,1-2H3,(H2,20,21,22);1H. The third-order valence-corrected chi connectivity index (χ3v) is 5.11. The van der Waals surface area contributed by atoms with Gasteiger partial charge in [-0.15, -0.1) is 35.3 Å². The Labute approximate surface area is 163 Å². The first-order valence-electron chi connectivity index (χ1n) is 8.04. The summed E-state index contributed by atoms with van der Waals surface area (Å²) in [5.41, 5.74) is 0.798. The molecular weight excluding hydrogens is 436 g/mol. The van der Waals surface area contributed by atoms with Gasteiger partial charge in [0.2, 0.25) is 0 Å². The van der Waals surface area contributed by atoms with E-state index >= 15 is 0 Å². The summed E-state index contributed by atoms with van der Waals surface area (Å²) >= 11 is 1.73. The van der Waals surface area contributed by atoms with Gasteiger partial charge in [-0.25, -0.2) is 4.39 Å². The lowest BCUT2D eigenvalue weighted by molar-refractivity contribution is 0.607. The average molecular weight is 459 g/mol. The lowest BCUT2D eigenvalue weighted by atomic mass is 10.1. The van der Waals surface area contributed by atoms with Crippen molar-refractivity contribution in [1.29, 1.82) is 0 Å². The highest BCUT2D eigenvalue weighted by atomic mass is 127. The van der Waals surface area contributed by atoms with E-state index in [-0.39, 0.29) is 47.8 Å². The van der Waals surface area contributed by atoms with Crippen LogP contribution in [0.1, 0.15) is 42.7 Å². The van der Waals surface area contributed by atoms with E-state index < -0.39 is 0 Å². The summed E-state index contributed by atoms with van der Waals surface area (Å²) in [5.74, 6) is 0.921. The van der Waals surface area contributed by atoms with Gasteiger partial charge in [-0.1, -0.05) is 24.3 Å². The third kappa shape index (κ3) is 4.69. The van der Waals surface area contributed by atoms with Crippen LogP contribution >= 0.6 is 35.3 Å². The van der Waals surface area contributed by atoms with Crippen LogP contribution in [-0.2, 0) is 0 Å². The number of hydrogen-bond acceptors (Lipinski definition) is 2. The van der Waals surface area contributed by atoms with Crippen LogP contribution in [0, 0.1) is 5.82 Å². The van der Waals surface area contributed by atoms with Gasteiger partial charge in [-0.05, 0) is 43.3 Å². The number of rotatable bonds is 5. The number of halogens is 2. The Morgan fingerprint density at radius 1 is 1.33 bits per heavy atom. The van der Waals surface area contributed by atoms with Gasteiger partial charge in [-0.3, -0.25) is 4.99 Å². The molecule has 1 fully saturated rings. The van der Waals surface area contributed by atoms with Crippen LogP contribution < -0.4 is 10.6 Å². The molecule has 0 radical (unpaired) electrons. The van der Waals surface area contributed by atoms with Gasteiger partial charge in [0, 0.05) is 23.4 Å². The fourth-order valence-corrected chi connectivity index (χ4v) is 3.49. The lowest BCUT2D eigenvalue weighted by Gasteiger charge is -2.17. The first-order chi connectivity index (χ1) is 11.2. The highest BCUT2D eigenvalue weighted by Crippen LogP contribution is 2.41. The highest BCUT2D eigenvalue weighted by Gasteiger charge is 2.40. The first-order valence-corrected chi connectivity index (χ1v) is 8.92. The molecule has 3 unspecified atom stereocenters. The van der Waals surface area contributed by atoms with Crippen molar-refractivity contribution in [3.8, 4) is 0 Å². The molecule has 1 aromatic heterocycles. The zero-order valence-corrected chi connectivity index (χ0v) is 17.0. The first kappa shape index (κ1) is 19.2. The van der Waals surface area contributed by atoms with Gasteiger partial charge < -0.3 is 10.6 Å². The van der Waals surface area contributed by atoms with E-state index in [4.69, 9.17) is 0 Å². The maximum absolute atomic E-state index is 13.9. The maximum atomic E-state index is 13.9. The normalized spacial score (nSPS) is 20.9. The highest BCUT2D eigenvalue weighted by molar-refractivity contribution is 14.0. The van der Waals surface area contributed by atoms with Crippen molar-refractivity contribution in [2.45, 2.75) is 38.3 Å². The molecule has 6 heteroatoms. The molecule has 2 N–H and O–H groups in total. The molecule has 0 spiro atoms. The molecule has 0 amide bonds. The van der Waals surface area contributed by atoms with Crippen LogP contribution in [0.5, 0.6) is 0 Å². The predicted octanol–water partition coefficient (Wildman–Crippen LogP) is 4.68. The van der Waals surface area contributed by atoms with E-state index in [9.17, 15) is 4.39 Å². The fraction of sp³-hybridized carbons (Fsp3) is 0.389. The number of aliphatic imine (C=N–C) groups is 1. The number of thiophene rings is 1. The topological polar surface area (TPSA) is 36.4 Å². The molecule has 0 bridgehead atoms. The predicted molar refractivity (Wildman–Crippen MR) is 110 cm³/mol. The van der Waals surface area contributed by atoms with E-state index in [2.05, 4.69) is 40.1 Å². The molecule has 130 valence electrons. The second-order valence-electron chi connectivity index (χ2n) is 5.82. The number of benzene rings is 1. The molecule has 3 rings (SSSR count). The summed E-state index contributed by atoms with van der Waals surface area (Å²) in [7, 11) is 0. The van der Waals surface area contributed by atoms with E-state index in [1.165, 1.54) is 10.9 Å². The molecule has 1 aliphatic carbocycles. The Hall–Kier alpha value is -1.15. The van der Waals surface area contributed by atoms with Gasteiger partial charge >= 0.3 is 0 Å².